The maximum absolute atomic E-state index is 12.6. The molecule has 2 fully saturated rings. The predicted molar refractivity (Wildman–Crippen MR) is 104 cm³/mol. The highest BCUT2D eigenvalue weighted by atomic mass is 32.2. The van der Waals surface area contributed by atoms with Crippen molar-refractivity contribution in [1.82, 2.24) is 5.32 Å². The van der Waals surface area contributed by atoms with Crippen LogP contribution in [-0.4, -0.2) is 45.7 Å². The smallest absolute Gasteiger partial charge is 0.338 e. The number of hydrogen-bond acceptors (Lipinski definition) is 5. The van der Waals surface area contributed by atoms with Crippen molar-refractivity contribution in [2.24, 2.45) is 0 Å². The Labute approximate surface area is 162 Å². The fourth-order valence-corrected chi connectivity index (χ4v) is 5.52. The Morgan fingerprint density at radius 2 is 1.67 bits per heavy atom. The molecule has 2 aromatic rings. The number of aliphatic hydroxyl groups is 1. The lowest BCUT2D eigenvalue weighted by Gasteiger charge is -2.40. The third kappa shape index (κ3) is 3.47. The van der Waals surface area contributed by atoms with E-state index in [1.807, 2.05) is 24.3 Å². The lowest BCUT2D eigenvalue weighted by Crippen LogP contribution is -2.61. The molecule has 1 saturated carbocycles. The summed E-state index contributed by atoms with van der Waals surface area (Å²) >= 11 is 1.56. The third-order valence-corrected chi connectivity index (χ3v) is 6.95. The van der Waals surface area contributed by atoms with Crippen molar-refractivity contribution in [2.45, 2.75) is 35.8 Å². The summed E-state index contributed by atoms with van der Waals surface area (Å²) in [7, 11) is 0. The molecule has 1 saturated heterocycles. The first-order valence-electron chi connectivity index (χ1n) is 9.02. The van der Waals surface area contributed by atoms with Crippen LogP contribution in [0.1, 0.15) is 33.6 Å². The molecule has 2 aliphatic rings. The molecule has 1 aliphatic carbocycles. The Morgan fingerprint density at radius 3 is 2.33 bits per heavy atom. The Kier molecular flexibility index (Phi) is 4.93. The summed E-state index contributed by atoms with van der Waals surface area (Å²) in [5.74, 6) is 0.0494. The number of fused-ring (bicyclic) bond motifs is 2. The van der Waals surface area contributed by atoms with Crippen LogP contribution in [0.5, 0.6) is 0 Å². The van der Waals surface area contributed by atoms with E-state index in [-0.39, 0.29) is 23.2 Å². The molecule has 1 aliphatic heterocycles. The maximum atomic E-state index is 12.6. The third-order valence-electron chi connectivity index (χ3n) is 5.32. The standard InChI is InChI=1S/C21H21NO4S/c23-18-17-16(26-20(25)15-9-5-2-6-10-15)11-12-21(18,13-27-17)22-19(24)14-7-3-1-4-8-14/h1-10,16-18,23H,11-13H2,(H,22,24)/t16-,17+,18-,21+/m1/s1. The first-order chi connectivity index (χ1) is 13.1. The van der Waals surface area contributed by atoms with Crippen LogP contribution in [0.15, 0.2) is 60.7 Å². The van der Waals surface area contributed by atoms with Crippen molar-refractivity contribution < 1.29 is 19.4 Å². The zero-order chi connectivity index (χ0) is 18.9. The quantitative estimate of drug-likeness (QED) is 0.794. The van der Waals surface area contributed by atoms with Gasteiger partial charge in [-0.2, -0.15) is 0 Å². The first kappa shape index (κ1) is 18.1. The number of rotatable bonds is 4. The van der Waals surface area contributed by atoms with Crippen LogP contribution in [0.3, 0.4) is 0 Å². The van der Waals surface area contributed by atoms with Gasteiger partial charge >= 0.3 is 5.97 Å². The SMILES string of the molecule is O=C(N[C@@]12CC[C@@H](OC(=O)c3ccccc3)[C@H](SC1)[C@H]2O)c1ccccc1. The number of esters is 1. The highest BCUT2D eigenvalue weighted by molar-refractivity contribution is 8.00. The van der Waals surface area contributed by atoms with Crippen LogP contribution in [0.4, 0.5) is 0 Å². The molecule has 0 radical (unpaired) electrons. The summed E-state index contributed by atoms with van der Waals surface area (Å²) in [4.78, 5) is 24.9. The summed E-state index contributed by atoms with van der Waals surface area (Å²) in [6, 6.07) is 17.9. The Balaban J connectivity index is 1.44. The van der Waals surface area contributed by atoms with Gasteiger partial charge in [-0.1, -0.05) is 36.4 Å². The number of nitrogens with one attached hydrogen (secondary N) is 1. The molecule has 0 unspecified atom stereocenters. The molecule has 5 nitrogen and oxygen atoms in total. The predicted octanol–water partition coefficient (Wildman–Crippen LogP) is 2.65. The van der Waals surface area contributed by atoms with Gasteiger partial charge in [0.2, 0.25) is 0 Å². The number of aliphatic hydroxyl groups excluding tert-OH is 1. The molecule has 2 bridgehead atoms. The zero-order valence-electron chi connectivity index (χ0n) is 14.7. The van der Waals surface area contributed by atoms with E-state index >= 15 is 0 Å². The summed E-state index contributed by atoms with van der Waals surface area (Å²) < 4.78 is 5.68. The van der Waals surface area contributed by atoms with Crippen LogP contribution in [0.2, 0.25) is 0 Å². The van der Waals surface area contributed by atoms with E-state index < -0.39 is 11.6 Å². The lowest BCUT2D eigenvalue weighted by molar-refractivity contribution is -0.0227. The number of amides is 1. The number of thioether (sulfide) groups is 1. The van der Waals surface area contributed by atoms with Gasteiger partial charge in [-0.25, -0.2) is 4.79 Å². The van der Waals surface area contributed by atoms with Crippen molar-refractivity contribution in [3.8, 4) is 0 Å². The molecule has 4 atom stereocenters. The van der Waals surface area contributed by atoms with Gasteiger partial charge < -0.3 is 15.2 Å². The molecule has 27 heavy (non-hydrogen) atoms. The average molecular weight is 383 g/mol. The molecule has 2 N–H and O–H groups in total. The zero-order valence-corrected chi connectivity index (χ0v) is 15.5. The van der Waals surface area contributed by atoms with E-state index in [0.717, 1.165) is 0 Å². The van der Waals surface area contributed by atoms with E-state index in [1.165, 1.54) is 0 Å². The highest BCUT2D eigenvalue weighted by Gasteiger charge is 2.56. The van der Waals surface area contributed by atoms with E-state index in [4.69, 9.17) is 4.74 Å². The van der Waals surface area contributed by atoms with Crippen molar-refractivity contribution in [1.29, 1.82) is 0 Å². The average Bonchev–Trinajstić information content (AvgIpc) is 2.90. The van der Waals surface area contributed by atoms with Gasteiger partial charge in [-0.05, 0) is 37.1 Å². The molecule has 1 heterocycles. The van der Waals surface area contributed by atoms with Gasteiger partial charge in [0.05, 0.1) is 22.5 Å². The summed E-state index contributed by atoms with van der Waals surface area (Å²) in [5.41, 5.74) is 0.409. The molecule has 140 valence electrons. The first-order valence-corrected chi connectivity index (χ1v) is 10.1. The highest BCUT2D eigenvalue weighted by Crippen LogP contribution is 2.46. The molecule has 0 aromatic heterocycles. The monoisotopic (exact) mass is 383 g/mol. The number of carbonyl (C=O) groups excluding carboxylic acids is 2. The summed E-state index contributed by atoms with van der Waals surface area (Å²) in [6.45, 7) is 0. The van der Waals surface area contributed by atoms with Crippen LogP contribution < -0.4 is 5.32 Å². The minimum absolute atomic E-state index is 0.185. The number of ether oxygens (including phenoxy) is 1. The van der Waals surface area contributed by atoms with Crippen molar-refractivity contribution in [3.63, 3.8) is 0 Å². The molecule has 2 aromatic carbocycles. The van der Waals surface area contributed by atoms with Gasteiger partial charge in [0, 0.05) is 11.3 Å². The van der Waals surface area contributed by atoms with Gasteiger partial charge in [-0.3, -0.25) is 4.79 Å². The fraction of sp³-hybridized carbons (Fsp3) is 0.333. The second-order valence-electron chi connectivity index (χ2n) is 7.05. The Hall–Kier alpha value is -2.31. The van der Waals surface area contributed by atoms with Crippen LogP contribution in [0, 0.1) is 0 Å². The Morgan fingerprint density at radius 1 is 1.04 bits per heavy atom. The number of carbonyl (C=O) groups is 2. The van der Waals surface area contributed by atoms with E-state index in [0.29, 0.717) is 29.7 Å². The van der Waals surface area contributed by atoms with Crippen LogP contribution in [0.25, 0.3) is 0 Å². The van der Waals surface area contributed by atoms with Crippen molar-refractivity contribution in [3.05, 3.63) is 71.8 Å². The molecular formula is C21H21NO4S. The molecule has 1 amide bonds. The minimum Gasteiger partial charge on any atom is -0.457 e. The molecule has 0 spiro atoms. The van der Waals surface area contributed by atoms with E-state index in [1.54, 1.807) is 48.2 Å². The second kappa shape index (κ2) is 7.37. The minimum atomic E-state index is -0.752. The summed E-state index contributed by atoms with van der Waals surface area (Å²) in [6.07, 6.45) is 0.0742. The lowest BCUT2D eigenvalue weighted by atomic mass is 9.79. The van der Waals surface area contributed by atoms with Crippen molar-refractivity contribution in [2.75, 3.05) is 5.75 Å². The fourth-order valence-electron chi connectivity index (χ4n) is 3.80. The number of benzene rings is 2. The number of hydrogen-bond donors (Lipinski definition) is 2. The van der Waals surface area contributed by atoms with Crippen LogP contribution >= 0.6 is 11.8 Å². The topological polar surface area (TPSA) is 75.6 Å². The normalized spacial score (nSPS) is 29.1. The molecule has 6 heteroatoms. The Bertz CT molecular complexity index is 829. The van der Waals surface area contributed by atoms with E-state index in [2.05, 4.69) is 5.32 Å². The molecule has 4 rings (SSSR count). The molecular weight excluding hydrogens is 362 g/mol. The van der Waals surface area contributed by atoms with Gasteiger partial charge in [-0.15, -0.1) is 11.8 Å². The maximum Gasteiger partial charge on any atom is 0.338 e. The second-order valence-corrected chi connectivity index (χ2v) is 8.21. The van der Waals surface area contributed by atoms with Crippen LogP contribution in [-0.2, 0) is 4.74 Å². The van der Waals surface area contributed by atoms with Gasteiger partial charge in [0.15, 0.2) is 0 Å². The summed E-state index contributed by atoms with van der Waals surface area (Å²) in [5, 5.41) is 13.7. The van der Waals surface area contributed by atoms with Gasteiger partial charge in [0.1, 0.15) is 6.10 Å². The van der Waals surface area contributed by atoms with Crippen molar-refractivity contribution >= 4 is 23.6 Å². The largest absolute Gasteiger partial charge is 0.457 e. The van der Waals surface area contributed by atoms with E-state index in [9.17, 15) is 14.7 Å². The van der Waals surface area contributed by atoms with Gasteiger partial charge in [0.25, 0.3) is 5.91 Å².